The van der Waals surface area contributed by atoms with Gasteiger partial charge in [-0.2, -0.15) is 0 Å². The van der Waals surface area contributed by atoms with Gasteiger partial charge < -0.3 is 10.4 Å². The molecule has 0 fully saturated rings. The van der Waals surface area contributed by atoms with Crippen LogP contribution in [-0.4, -0.2) is 17.6 Å². The van der Waals surface area contributed by atoms with Crippen LogP contribution in [0.5, 0.6) is 0 Å². The van der Waals surface area contributed by atoms with Crippen molar-refractivity contribution >= 4 is 5.91 Å². The maximum atomic E-state index is 13.5. The summed E-state index contributed by atoms with van der Waals surface area (Å²) >= 11 is 0. The van der Waals surface area contributed by atoms with E-state index in [0.29, 0.717) is 11.6 Å². The third-order valence-electron chi connectivity index (χ3n) is 3.06. The van der Waals surface area contributed by atoms with E-state index in [9.17, 15) is 18.7 Å². The fraction of sp³-hybridized carbons (Fsp3) is 0.188. The zero-order valence-electron chi connectivity index (χ0n) is 11.4. The van der Waals surface area contributed by atoms with Crippen molar-refractivity contribution in [3.8, 4) is 0 Å². The van der Waals surface area contributed by atoms with Crippen molar-refractivity contribution in [2.45, 2.75) is 13.0 Å². The Bertz CT molecular complexity index is 658. The topological polar surface area (TPSA) is 49.3 Å². The van der Waals surface area contributed by atoms with Crippen molar-refractivity contribution in [1.29, 1.82) is 0 Å². The normalized spacial score (nSPS) is 12.0. The number of nitrogens with one attached hydrogen (secondary N) is 1. The Hall–Kier alpha value is -2.27. The number of amides is 1. The molecule has 2 aromatic carbocycles. The molecule has 0 saturated heterocycles. The second-order valence-electron chi connectivity index (χ2n) is 4.76. The van der Waals surface area contributed by atoms with E-state index >= 15 is 0 Å². The molecule has 0 aromatic heterocycles. The van der Waals surface area contributed by atoms with Gasteiger partial charge in [-0.3, -0.25) is 4.79 Å². The Labute approximate surface area is 121 Å². The third kappa shape index (κ3) is 3.86. The lowest BCUT2D eigenvalue weighted by Crippen LogP contribution is -2.28. The zero-order chi connectivity index (χ0) is 15.4. The van der Waals surface area contributed by atoms with Crippen LogP contribution >= 0.6 is 0 Å². The molecule has 110 valence electrons. The van der Waals surface area contributed by atoms with Gasteiger partial charge in [0.05, 0.1) is 6.10 Å². The van der Waals surface area contributed by atoms with E-state index in [1.54, 1.807) is 18.2 Å². The van der Waals surface area contributed by atoms with E-state index in [1.807, 2.05) is 13.0 Å². The smallest absolute Gasteiger partial charge is 0.251 e. The van der Waals surface area contributed by atoms with Gasteiger partial charge in [0.1, 0.15) is 11.6 Å². The highest BCUT2D eigenvalue weighted by Gasteiger charge is 2.15. The van der Waals surface area contributed by atoms with E-state index in [1.165, 1.54) is 0 Å². The number of aliphatic hydroxyl groups is 1. The van der Waals surface area contributed by atoms with Crippen LogP contribution in [0.15, 0.2) is 42.5 Å². The number of aryl methyl sites for hydroxylation is 1. The lowest BCUT2D eigenvalue weighted by atomic mass is 10.1. The summed E-state index contributed by atoms with van der Waals surface area (Å²) in [7, 11) is 0. The molecule has 2 N–H and O–H groups in total. The Kier molecular flexibility index (Phi) is 4.65. The molecule has 3 nitrogen and oxygen atoms in total. The Morgan fingerprint density at radius 3 is 2.67 bits per heavy atom. The summed E-state index contributed by atoms with van der Waals surface area (Å²) < 4.78 is 26.3. The number of benzene rings is 2. The fourth-order valence-electron chi connectivity index (χ4n) is 1.96. The predicted molar refractivity (Wildman–Crippen MR) is 74.8 cm³/mol. The van der Waals surface area contributed by atoms with Gasteiger partial charge in [0, 0.05) is 23.7 Å². The highest BCUT2D eigenvalue weighted by molar-refractivity contribution is 5.94. The van der Waals surface area contributed by atoms with Crippen molar-refractivity contribution in [3.05, 3.63) is 70.8 Å². The molecule has 0 spiro atoms. The predicted octanol–water partition coefficient (Wildman–Crippen LogP) is 2.74. The molecule has 0 heterocycles. The Morgan fingerprint density at radius 1 is 1.24 bits per heavy atom. The molecule has 1 atom stereocenters. The van der Waals surface area contributed by atoms with Gasteiger partial charge in [0.2, 0.25) is 0 Å². The first-order valence-corrected chi connectivity index (χ1v) is 6.45. The summed E-state index contributed by atoms with van der Waals surface area (Å²) in [6.07, 6.45) is -1.24. The molecule has 0 aliphatic carbocycles. The van der Waals surface area contributed by atoms with Gasteiger partial charge in [-0.25, -0.2) is 8.78 Å². The van der Waals surface area contributed by atoms with Gasteiger partial charge in [-0.1, -0.05) is 23.8 Å². The SMILES string of the molecule is Cc1cccc(C(=O)NCC(O)c2ccc(F)cc2F)c1. The minimum atomic E-state index is -1.24. The van der Waals surface area contributed by atoms with Crippen molar-refractivity contribution in [2.75, 3.05) is 6.54 Å². The highest BCUT2D eigenvalue weighted by Crippen LogP contribution is 2.17. The molecule has 0 saturated carbocycles. The number of carbonyl (C=O) groups is 1. The van der Waals surface area contributed by atoms with Gasteiger partial charge in [-0.05, 0) is 25.1 Å². The molecule has 5 heteroatoms. The molecule has 0 bridgehead atoms. The molecule has 0 aliphatic rings. The van der Waals surface area contributed by atoms with Crippen LogP contribution in [0.1, 0.15) is 27.6 Å². The van der Waals surface area contributed by atoms with Crippen molar-refractivity contribution < 1.29 is 18.7 Å². The van der Waals surface area contributed by atoms with E-state index in [4.69, 9.17) is 0 Å². The van der Waals surface area contributed by atoms with Crippen LogP contribution in [0.2, 0.25) is 0 Å². The van der Waals surface area contributed by atoms with Gasteiger partial charge >= 0.3 is 0 Å². The molecule has 2 aromatic rings. The van der Waals surface area contributed by atoms with Crippen LogP contribution in [0.25, 0.3) is 0 Å². The minimum absolute atomic E-state index is 0.0547. The van der Waals surface area contributed by atoms with E-state index in [-0.39, 0.29) is 18.0 Å². The fourth-order valence-corrected chi connectivity index (χ4v) is 1.96. The summed E-state index contributed by atoms with van der Waals surface area (Å²) in [5.74, 6) is -1.92. The van der Waals surface area contributed by atoms with Crippen molar-refractivity contribution in [1.82, 2.24) is 5.32 Å². The first-order valence-electron chi connectivity index (χ1n) is 6.45. The number of carbonyl (C=O) groups excluding carboxylic acids is 1. The summed E-state index contributed by atoms with van der Waals surface area (Å²) in [4.78, 5) is 11.9. The number of hydrogen-bond acceptors (Lipinski definition) is 2. The number of rotatable bonds is 4. The lowest BCUT2D eigenvalue weighted by Gasteiger charge is -2.13. The lowest BCUT2D eigenvalue weighted by molar-refractivity contribution is 0.0914. The van der Waals surface area contributed by atoms with Crippen molar-refractivity contribution in [2.24, 2.45) is 0 Å². The van der Waals surface area contributed by atoms with Crippen LogP contribution in [0.3, 0.4) is 0 Å². The van der Waals surface area contributed by atoms with E-state index < -0.39 is 17.7 Å². The summed E-state index contributed by atoms with van der Waals surface area (Å²) in [5, 5.41) is 12.4. The number of hydrogen-bond donors (Lipinski definition) is 2. The van der Waals surface area contributed by atoms with Crippen LogP contribution in [-0.2, 0) is 0 Å². The molecule has 2 rings (SSSR count). The van der Waals surface area contributed by atoms with Gasteiger partial charge in [0.15, 0.2) is 0 Å². The quantitative estimate of drug-likeness (QED) is 0.910. The van der Waals surface area contributed by atoms with Gasteiger partial charge in [0.25, 0.3) is 5.91 Å². The number of halogens is 2. The summed E-state index contributed by atoms with van der Waals surface area (Å²) in [5.41, 5.74) is 1.34. The van der Waals surface area contributed by atoms with Crippen LogP contribution in [0.4, 0.5) is 8.78 Å². The molecule has 21 heavy (non-hydrogen) atoms. The molecule has 0 radical (unpaired) electrons. The summed E-state index contributed by atoms with van der Waals surface area (Å²) in [6.45, 7) is 1.70. The highest BCUT2D eigenvalue weighted by atomic mass is 19.1. The molecule has 0 aliphatic heterocycles. The maximum absolute atomic E-state index is 13.5. The third-order valence-corrected chi connectivity index (χ3v) is 3.06. The second-order valence-corrected chi connectivity index (χ2v) is 4.76. The standard InChI is InChI=1S/C16H15F2NO2/c1-10-3-2-4-11(7-10)16(21)19-9-15(20)13-6-5-12(17)8-14(13)18/h2-8,15,20H,9H2,1H3,(H,19,21). The molecule has 1 amide bonds. The monoisotopic (exact) mass is 291 g/mol. The van der Waals surface area contributed by atoms with Crippen LogP contribution in [0, 0.1) is 18.6 Å². The van der Waals surface area contributed by atoms with Crippen LogP contribution < -0.4 is 5.32 Å². The van der Waals surface area contributed by atoms with Gasteiger partial charge in [-0.15, -0.1) is 0 Å². The second kappa shape index (κ2) is 6.45. The first-order chi connectivity index (χ1) is 9.97. The van der Waals surface area contributed by atoms with E-state index in [0.717, 1.165) is 17.7 Å². The average Bonchev–Trinajstić information content (AvgIpc) is 2.44. The zero-order valence-corrected chi connectivity index (χ0v) is 11.4. The Balaban J connectivity index is 2.00. The summed E-state index contributed by atoms with van der Waals surface area (Å²) in [6, 6.07) is 9.88. The van der Waals surface area contributed by atoms with Crippen molar-refractivity contribution in [3.63, 3.8) is 0 Å². The Morgan fingerprint density at radius 2 is 2.00 bits per heavy atom. The number of aliphatic hydroxyl groups excluding tert-OH is 1. The maximum Gasteiger partial charge on any atom is 0.251 e. The first kappa shape index (κ1) is 15.1. The molecule has 1 unspecified atom stereocenters. The van der Waals surface area contributed by atoms with E-state index in [2.05, 4.69) is 5.32 Å². The average molecular weight is 291 g/mol. The minimum Gasteiger partial charge on any atom is -0.386 e. The largest absolute Gasteiger partial charge is 0.386 e. The molecular formula is C16H15F2NO2. The molecular weight excluding hydrogens is 276 g/mol.